The molecule has 2 heterocycles. The van der Waals surface area contributed by atoms with E-state index in [0.29, 0.717) is 17.5 Å². The van der Waals surface area contributed by atoms with Crippen LogP contribution >= 0.6 is 0 Å². The van der Waals surface area contributed by atoms with Crippen molar-refractivity contribution in [1.82, 2.24) is 14.7 Å². The van der Waals surface area contributed by atoms with Crippen LogP contribution in [0, 0.1) is 13.8 Å². The second-order valence-electron chi connectivity index (χ2n) is 7.90. The Morgan fingerprint density at radius 3 is 2.38 bits per heavy atom. The molecular formula is C21H32N4O3S. The summed E-state index contributed by atoms with van der Waals surface area (Å²) in [6, 6.07) is 7.09. The SMILES string of the molecule is Cc1nn(C)c(C)c1NS(=O)(=O)c1ccc(CCCOC2CCN(C)CC2)cc1. The maximum Gasteiger partial charge on any atom is 0.262 e. The van der Waals surface area contributed by atoms with Crippen molar-refractivity contribution in [2.24, 2.45) is 7.05 Å². The first-order valence-corrected chi connectivity index (χ1v) is 11.7. The maximum atomic E-state index is 12.7. The molecule has 3 rings (SSSR count). The number of nitrogens with one attached hydrogen (secondary N) is 1. The Hall–Kier alpha value is -1.90. The van der Waals surface area contributed by atoms with E-state index in [1.165, 1.54) is 0 Å². The summed E-state index contributed by atoms with van der Waals surface area (Å²) in [7, 11) is 0.307. The first kappa shape index (κ1) is 21.8. The first-order chi connectivity index (χ1) is 13.8. The van der Waals surface area contributed by atoms with Crippen LogP contribution in [0.2, 0.25) is 0 Å². The van der Waals surface area contributed by atoms with Gasteiger partial charge >= 0.3 is 0 Å². The minimum absolute atomic E-state index is 0.256. The quantitative estimate of drug-likeness (QED) is 0.665. The molecule has 1 aromatic carbocycles. The van der Waals surface area contributed by atoms with E-state index >= 15 is 0 Å². The molecule has 29 heavy (non-hydrogen) atoms. The van der Waals surface area contributed by atoms with Crippen molar-refractivity contribution in [3.8, 4) is 0 Å². The molecular weight excluding hydrogens is 388 g/mol. The summed E-state index contributed by atoms with van der Waals surface area (Å²) in [6.07, 6.45) is 4.40. The summed E-state index contributed by atoms with van der Waals surface area (Å²) in [5, 5.41) is 4.26. The molecule has 0 atom stereocenters. The summed E-state index contributed by atoms with van der Waals surface area (Å²) in [5.74, 6) is 0. The highest BCUT2D eigenvalue weighted by Gasteiger charge is 2.19. The predicted molar refractivity (Wildman–Crippen MR) is 115 cm³/mol. The van der Waals surface area contributed by atoms with E-state index in [9.17, 15) is 8.42 Å². The fraction of sp³-hybridized carbons (Fsp3) is 0.571. The van der Waals surface area contributed by atoms with Crippen molar-refractivity contribution in [3.63, 3.8) is 0 Å². The number of hydrogen-bond acceptors (Lipinski definition) is 5. The largest absolute Gasteiger partial charge is 0.378 e. The van der Waals surface area contributed by atoms with Gasteiger partial charge < -0.3 is 9.64 Å². The second kappa shape index (κ2) is 9.28. The van der Waals surface area contributed by atoms with Crippen LogP contribution in [0.3, 0.4) is 0 Å². The van der Waals surface area contributed by atoms with Gasteiger partial charge in [0.2, 0.25) is 0 Å². The lowest BCUT2D eigenvalue weighted by atomic mass is 10.1. The molecule has 2 aromatic rings. The molecule has 1 aromatic heterocycles. The number of aryl methyl sites for hydroxylation is 3. The van der Waals surface area contributed by atoms with Crippen LogP contribution in [0.1, 0.15) is 36.2 Å². The number of piperidine rings is 1. The first-order valence-electron chi connectivity index (χ1n) is 10.2. The predicted octanol–water partition coefficient (Wildman–Crippen LogP) is 2.88. The Labute approximate surface area is 174 Å². The van der Waals surface area contributed by atoms with Gasteiger partial charge in [-0.3, -0.25) is 9.40 Å². The van der Waals surface area contributed by atoms with Gasteiger partial charge in [0.05, 0.1) is 28.1 Å². The number of nitrogens with zero attached hydrogens (tertiary/aromatic N) is 3. The van der Waals surface area contributed by atoms with E-state index in [0.717, 1.165) is 56.6 Å². The van der Waals surface area contributed by atoms with Gasteiger partial charge in [0.15, 0.2) is 0 Å². The molecule has 1 fully saturated rings. The van der Waals surface area contributed by atoms with Gasteiger partial charge in [0.1, 0.15) is 0 Å². The third-order valence-corrected chi connectivity index (χ3v) is 6.97. The smallest absolute Gasteiger partial charge is 0.262 e. The molecule has 1 aliphatic heterocycles. The molecule has 0 amide bonds. The molecule has 0 spiro atoms. The Kier molecular flexibility index (Phi) is 6.97. The summed E-state index contributed by atoms with van der Waals surface area (Å²) in [4.78, 5) is 2.59. The molecule has 1 aliphatic rings. The number of anilines is 1. The van der Waals surface area contributed by atoms with E-state index < -0.39 is 10.0 Å². The summed E-state index contributed by atoms with van der Waals surface area (Å²) < 4.78 is 35.7. The number of hydrogen-bond donors (Lipinski definition) is 1. The highest BCUT2D eigenvalue weighted by atomic mass is 32.2. The van der Waals surface area contributed by atoms with Crippen molar-refractivity contribution in [3.05, 3.63) is 41.2 Å². The molecule has 0 bridgehead atoms. The van der Waals surface area contributed by atoms with Crippen molar-refractivity contribution in [2.45, 2.75) is 50.5 Å². The van der Waals surface area contributed by atoms with Crippen LogP contribution in [-0.4, -0.2) is 55.9 Å². The molecule has 160 valence electrons. The minimum atomic E-state index is -3.64. The average molecular weight is 421 g/mol. The van der Waals surface area contributed by atoms with Crippen molar-refractivity contribution in [1.29, 1.82) is 0 Å². The normalized spacial score (nSPS) is 16.3. The molecule has 7 nitrogen and oxygen atoms in total. The molecule has 8 heteroatoms. The van der Waals surface area contributed by atoms with Crippen LogP contribution in [0.25, 0.3) is 0 Å². The zero-order chi connectivity index (χ0) is 21.0. The van der Waals surface area contributed by atoms with E-state index in [2.05, 4.69) is 21.8 Å². The van der Waals surface area contributed by atoms with Gasteiger partial charge in [0, 0.05) is 26.7 Å². The molecule has 0 unspecified atom stereocenters. The maximum absolute atomic E-state index is 12.7. The molecule has 0 aliphatic carbocycles. The van der Waals surface area contributed by atoms with Gasteiger partial charge in [-0.25, -0.2) is 8.42 Å². The Morgan fingerprint density at radius 1 is 1.14 bits per heavy atom. The Bertz CT molecular complexity index is 914. The zero-order valence-electron chi connectivity index (χ0n) is 17.8. The fourth-order valence-corrected chi connectivity index (χ4v) is 4.80. The number of aromatic nitrogens is 2. The topological polar surface area (TPSA) is 76.5 Å². The Balaban J connectivity index is 1.51. The standard InChI is InChI=1S/C21H32N4O3S/c1-16-21(17(2)25(4)22-16)23-29(26,27)20-9-7-18(8-10-20)6-5-15-28-19-11-13-24(3)14-12-19/h7-10,19,23H,5-6,11-15H2,1-4H3. The highest BCUT2D eigenvalue weighted by Crippen LogP contribution is 2.23. The number of likely N-dealkylation sites (tertiary alicyclic amines) is 1. The van der Waals surface area contributed by atoms with Gasteiger partial charge in [-0.15, -0.1) is 0 Å². The number of ether oxygens (including phenoxy) is 1. The summed E-state index contributed by atoms with van der Waals surface area (Å²) in [6.45, 7) is 6.59. The molecule has 1 N–H and O–H groups in total. The van der Waals surface area contributed by atoms with Crippen LogP contribution in [0.4, 0.5) is 5.69 Å². The van der Waals surface area contributed by atoms with Gasteiger partial charge in [-0.05, 0) is 64.3 Å². The van der Waals surface area contributed by atoms with Crippen molar-refractivity contribution >= 4 is 15.7 Å². The monoisotopic (exact) mass is 420 g/mol. The second-order valence-corrected chi connectivity index (χ2v) is 9.58. The highest BCUT2D eigenvalue weighted by molar-refractivity contribution is 7.92. The summed E-state index contributed by atoms with van der Waals surface area (Å²) in [5.41, 5.74) is 3.11. The zero-order valence-corrected chi connectivity index (χ0v) is 18.6. The van der Waals surface area contributed by atoms with Crippen LogP contribution in [0.5, 0.6) is 0 Å². The van der Waals surface area contributed by atoms with Crippen LogP contribution in [-0.2, 0) is 28.2 Å². The minimum Gasteiger partial charge on any atom is -0.378 e. The lowest BCUT2D eigenvalue weighted by Gasteiger charge is -2.28. The molecule has 0 saturated carbocycles. The van der Waals surface area contributed by atoms with Gasteiger partial charge in [-0.2, -0.15) is 5.10 Å². The number of benzene rings is 1. The van der Waals surface area contributed by atoms with E-state index in [1.807, 2.05) is 19.1 Å². The lowest BCUT2D eigenvalue weighted by Crippen LogP contribution is -2.34. The summed E-state index contributed by atoms with van der Waals surface area (Å²) >= 11 is 0. The van der Waals surface area contributed by atoms with E-state index in [-0.39, 0.29) is 4.90 Å². The van der Waals surface area contributed by atoms with Crippen LogP contribution in [0.15, 0.2) is 29.2 Å². The van der Waals surface area contributed by atoms with E-state index in [1.54, 1.807) is 30.8 Å². The van der Waals surface area contributed by atoms with Gasteiger partial charge in [0.25, 0.3) is 10.0 Å². The van der Waals surface area contributed by atoms with Crippen molar-refractivity contribution in [2.75, 3.05) is 31.5 Å². The third kappa shape index (κ3) is 5.58. The fourth-order valence-electron chi connectivity index (χ4n) is 3.63. The number of sulfonamides is 1. The molecule has 0 radical (unpaired) electrons. The average Bonchev–Trinajstić information content (AvgIpc) is 2.93. The van der Waals surface area contributed by atoms with Crippen LogP contribution < -0.4 is 4.72 Å². The molecule has 1 saturated heterocycles. The number of rotatable bonds is 8. The Morgan fingerprint density at radius 2 is 1.79 bits per heavy atom. The van der Waals surface area contributed by atoms with Gasteiger partial charge in [-0.1, -0.05) is 12.1 Å². The lowest BCUT2D eigenvalue weighted by molar-refractivity contribution is 0.0116. The van der Waals surface area contributed by atoms with E-state index in [4.69, 9.17) is 4.74 Å². The third-order valence-electron chi connectivity index (χ3n) is 5.61. The van der Waals surface area contributed by atoms with Crippen molar-refractivity contribution < 1.29 is 13.2 Å².